The van der Waals surface area contributed by atoms with Crippen molar-refractivity contribution >= 4 is 38.8 Å². The van der Waals surface area contributed by atoms with Gasteiger partial charge in [0.05, 0.1) is 0 Å². The average molecular weight is 450 g/mol. The second kappa shape index (κ2) is 7.43. The van der Waals surface area contributed by atoms with Crippen molar-refractivity contribution in [2.45, 2.75) is 19.5 Å². The van der Waals surface area contributed by atoms with Gasteiger partial charge in [0.2, 0.25) is 5.43 Å². The molecular weight excluding hydrogens is 435 g/mol. The third kappa shape index (κ3) is 3.90. The van der Waals surface area contributed by atoms with Gasteiger partial charge in [-0.15, -0.1) is 0 Å². The van der Waals surface area contributed by atoms with Crippen molar-refractivity contribution in [2.75, 3.05) is 31.1 Å². The Morgan fingerprint density at radius 2 is 1.96 bits per heavy atom. The zero-order valence-electron chi connectivity index (χ0n) is 14.1. The van der Waals surface area contributed by atoms with E-state index < -0.39 is 18.0 Å². The average Bonchev–Trinajstić information content (AvgIpc) is 2.62. The maximum Gasteiger partial charge on any atom is 0.491 e. The maximum atomic E-state index is 13.0. The van der Waals surface area contributed by atoms with Crippen molar-refractivity contribution < 1.29 is 22.7 Å². The number of hydrogen-bond donors (Lipinski definition) is 2. The molecule has 0 spiro atoms. The summed E-state index contributed by atoms with van der Waals surface area (Å²) in [5.74, 6) is -3.09. The summed E-state index contributed by atoms with van der Waals surface area (Å²) >= 11 is 2.91. The molecule has 3 heterocycles. The number of carbonyl (C=O) groups is 1. The highest BCUT2D eigenvalue weighted by molar-refractivity contribution is 9.10. The van der Waals surface area contributed by atoms with E-state index in [1.165, 1.54) is 0 Å². The molecule has 8 nitrogen and oxygen atoms in total. The predicted molar refractivity (Wildman–Crippen MR) is 94.0 cm³/mol. The highest BCUT2D eigenvalue weighted by atomic mass is 79.9. The number of aromatic nitrogens is 3. The van der Waals surface area contributed by atoms with Crippen LogP contribution in [0.4, 0.5) is 18.9 Å². The molecule has 2 aromatic rings. The lowest BCUT2D eigenvalue weighted by atomic mass is 10.2. The standard InChI is InChI=1S/C15H15BrF3N5O3/c1-2-7-9(24-5-3-20-4-6-24)10(25)8-12(21-7)23-13(11(16)22-8)27-14(26)15(17,18)19/h20H,2-6H2,1H3,(H,21,23,25). The first-order chi connectivity index (χ1) is 12.7. The lowest BCUT2D eigenvalue weighted by molar-refractivity contribution is -0.190. The monoisotopic (exact) mass is 449 g/mol. The second-order valence-corrected chi connectivity index (χ2v) is 6.53. The van der Waals surface area contributed by atoms with E-state index in [4.69, 9.17) is 0 Å². The van der Waals surface area contributed by atoms with Crippen LogP contribution in [0.3, 0.4) is 0 Å². The highest BCUT2D eigenvalue weighted by Gasteiger charge is 2.42. The van der Waals surface area contributed by atoms with Crippen LogP contribution in [0.1, 0.15) is 12.6 Å². The smallest absolute Gasteiger partial charge is 0.398 e. The molecule has 2 aromatic heterocycles. The van der Waals surface area contributed by atoms with Gasteiger partial charge < -0.3 is 19.9 Å². The quantitative estimate of drug-likeness (QED) is 0.685. The van der Waals surface area contributed by atoms with Crippen LogP contribution in [0.15, 0.2) is 9.40 Å². The van der Waals surface area contributed by atoms with Gasteiger partial charge in [0.15, 0.2) is 15.8 Å². The van der Waals surface area contributed by atoms with Crippen molar-refractivity contribution in [1.29, 1.82) is 0 Å². The minimum Gasteiger partial charge on any atom is -0.398 e. The number of alkyl halides is 3. The number of pyridine rings is 1. The van der Waals surface area contributed by atoms with Crippen molar-refractivity contribution in [1.82, 2.24) is 20.3 Å². The van der Waals surface area contributed by atoms with Crippen LogP contribution in [-0.2, 0) is 11.2 Å². The first kappa shape index (κ1) is 19.5. The Kier molecular flexibility index (Phi) is 5.38. The lowest BCUT2D eigenvalue weighted by Gasteiger charge is -2.30. The molecule has 3 rings (SSSR count). The lowest BCUT2D eigenvalue weighted by Crippen LogP contribution is -2.45. The number of rotatable bonds is 3. The van der Waals surface area contributed by atoms with Crippen molar-refractivity contribution in [2.24, 2.45) is 0 Å². The molecule has 1 saturated heterocycles. The van der Waals surface area contributed by atoms with Gasteiger partial charge in [-0.25, -0.2) is 9.78 Å². The van der Waals surface area contributed by atoms with Gasteiger partial charge in [0.1, 0.15) is 5.69 Å². The summed E-state index contributed by atoms with van der Waals surface area (Å²) in [6.45, 7) is 4.55. The molecule has 146 valence electrons. The van der Waals surface area contributed by atoms with Crippen molar-refractivity contribution in [3.8, 4) is 5.88 Å². The largest absolute Gasteiger partial charge is 0.491 e. The van der Waals surface area contributed by atoms with Crippen LogP contribution in [0.5, 0.6) is 5.88 Å². The summed E-state index contributed by atoms with van der Waals surface area (Å²) in [6.07, 6.45) is -4.70. The van der Waals surface area contributed by atoms with E-state index in [-0.39, 0.29) is 21.2 Å². The molecule has 2 N–H and O–H groups in total. The number of aromatic amines is 1. The van der Waals surface area contributed by atoms with Crippen molar-refractivity contribution in [3.05, 3.63) is 20.5 Å². The molecule has 0 unspecified atom stereocenters. The zero-order valence-corrected chi connectivity index (χ0v) is 15.7. The van der Waals surface area contributed by atoms with E-state index in [0.717, 1.165) is 13.1 Å². The number of nitrogens with one attached hydrogen (secondary N) is 2. The van der Waals surface area contributed by atoms with E-state index in [1.807, 2.05) is 11.8 Å². The zero-order chi connectivity index (χ0) is 19.8. The Balaban J connectivity index is 2.10. The molecule has 1 fully saturated rings. The van der Waals surface area contributed by atoms with Gasteiger partial charge in [-0.3, -0.25) is 4.79 Å². The summed E-state index contributed by atoms with van der Waals surface area (Å²) in [5.41, 5.74) is 0.555. The van der Waals surface area contributed by atoms with E-state index in [9.17, 15) is 22.8 Å². The molecule has 0 aromatic carbocycles. The fourth-order valence-corrected chi connectivity index (χ4v) is 3.13. The molecule has 0 aliphatic carbocycles. The number of hydrogen-bond acceptors (Lipinski definition) is 7. The molecule has 1 aliphatic heterocycles. The van der Waals surface area contributed by atoms with Crippen LogP contribution in [-0.4, -0.2) is 53.3 Å². The fraction of sp³-hybridized carbons (Fsp3) is 0.467. The number of anilines is 1. The molecule has 27 heavy (non-hydrogen) atoms. The Labute approximate surface area is 159 Å². The number of ether oxygens (including phenoxy) is 1. The number of aryl methyl sites for hydroxylation is 1. The molecule has 1 aliphatic rings. The van der Waals surface area contributed by atoms with Gasteiger partial charge in [-0.2, -0.15) is 18.2 Å². The van der Waals surface area contributed by atoms with E-state index in [1.54, 1.807) is 0 Å². The first-order valence-electron chi connectivity index (χ1n) is 8.09. The van der Waals surface area contributed by atoms with Crippen molar-refractivity contribution in [3.63, 3.8) is 0 Å². The summed E-state index contributed by atoms with van der Waals surface area (Å²) in [6, 6.07) is 0. The predicted octanol–water partition coefficient (Wildman–Crippen LogP) is 1.52. The minimum atomic E-state index is -5.18. The molecule has 0 radical (unpaired) electrons. The normalized spacial score (nSPS) is 15.2. The van der Waals surface area contributed by atoms with Gasteiger partial charge in [0, 0.05) is 31.9 Å². The SMILES string of the molecule is CCc1[nH]c2nc(OC(=O)C(F)(F)F)c(Br)nc2c(=O)c1N1CCNCC1. The van der Waals surface area contributed by atoms with Gasteiger partial charge in [-0.1, -0.05) is 6.92 Å². The van der Waals surface area contributed by atoms with Crippen LogP contribution >= 0.6 is 15.9 Å². The van der Waals surface area contributed by atoms with E-state index >= 15 is 0 Å². The Morgan fingerprint density at radius 3 is 2.56 bits per heavy atom. The topological polar surface area (TPSA) is 100 Å². The van der Waals surface area contributed by atoms with E-state index in [0.29, 0.717) is 30.9 Å². The van der Waals surface area contributed by atoms with Gasteiger partial charge in [-0.05, 0) is 22.4 Å². The number of fused-ring (bicyclic) bond motifs is 1. The minimum absolute atomic E-state index is 0.0519. The Morgan fingerprint density at radius 1 is 1.30 bits per heavy atom. The fourth-order valence-electron chi connectivity index (χ4n) is 2.79. The number of esters is 1. The molecular formula is C15H15BrF3N5O3. The second-order valence-electron chi connectivity index (χ2n) is 5.78. The summed E-state index contributed by atoms with van der Waals surface area (Å²) in [7, 11) is 0. The molecule has 0 atom stereocenters. The molecule has 0 amide bonds. The Bertz CT molecular complexity index is 941. The number of piperazine rings is 1. The maximum absolute atomic E-state index is 13.0. The summed E-state index contributed by atoms with van der Waals surface area (Å²) < 4.78 is 41.2. The first-order valence-corrected chi connectivity index (χ1v) is 8.88. The number of halogens is 4. The number of carbonyl (C=O) groups excluding carboxylic acids is 1. The summed E-state index contributed by atoms with van der Waals surface area (Å²) in [4.78, 5) is 36.7. The third-order valence-corrected chi connectivity index (χ3v) is 4.53. The van der Waals surface area contributed by atoms with Crippen LogP contribution in [0.2, 0.25) is 0 Å². The van der Waals surface area contributed by atoms with Crippen LogP contribution in [0, 0.1) is 0 Å². The summed E-state index contributed by atoms with van der Waals surface area (Å²) in [5, 5.41) is 3.20. The number of nitrogens with zero attached hydrogens (tertiary/aromatic N) is 3. The molecule has 0 saturated carbocycles. The number of H-pyrrole nitrogens is 1. The molecule has 12 heteroatoms. The molecule has 0 bridgehead atoms. The van der Waals surface area contributed by atoms with E-state index in [2.05, 4.69) is 40.9 Å². The Hall–Kier alpha value is -2.21. The van der Waals surface area contributed by atoms with Gasteiger partial charge >= 0.3 is 12.1 Å². The van der Waals surface area contributed by atoms with Gasteiger partial charge in [0.25, 0.3) is 5.88 Å². The highest BCUT2D eigenvalue weighted by Crippen LogP contribution is 2.27. The third-order valence-electron chi connectivity index (χ3n) is 4.02. The van der Waals surface area contributed by atoms with Crippen LogP contribution < -0.4 is 20.4 Å². The van der Waals surface area contributed by atoms with Crippen LogP contribution in [0.25, 0.3) is 11.2 Å².